The van der Waals surface area contributed by atoms with Gasteiger partial charge in [0.15, 0.2) is 0 Å². The van der Waals surface area contributed by atoms with E-state index < -0.39 is 5.60 Å². The second-order valence-electron chi connectivity index (χ2n) is 8.11. The molecule has 2 heterocycles. The van der Waals surface area contributed by atoms with Gasteiger partial charge in [-0.15, -0.1) is 0 Å². The SMILES string of the molecule is CCn1ccc2cc(NC(=O)C3CCN(C(=O)OC(C)(C)C)CC3)ccc21. The molecule has 1 aromatic heterocycles. The first-order valence-corrected chi connectivity index (χ1v) is 9.64. The highest BCUT2D eigenvalue weighted by Gasteiger charge is 2.29. The molecule has 6 heteroatoms. The van der Waals surface area contributed by atoms with E-state index in [-0.39, 0.29) is 17.9 Å². The average molecular weight is 371 g/mol. The van der Waals surface area contributed by atoms with Crippen LogP contribution >= 0.6 is 0 Å². The van der Waals surface area contributed by atoms with Gasteiger partial charge in [0.25, 0.3) is 0 Å². The van der Waals surface area contributed by atoms with Crippen molar-refractivity contribution in [3.63, 3.8) is 0 Å². The van der Waals surface area contributed by atoms with Gasteiger partial charge in [0.05, 0.1) is 0 Å². The zero-order valence-electron chi connectivity index (χ0n) is 16.6. The maximum Gasteiger partial charge on any atom is 0.410 e. The minimum atomic E-state index is -0.499. The van der Waals surface area contributed by atoms with Crippen LogP contribution in [-0.2, 0) is 16.1 Å². The third-order valence-corrected chi connectivity index (χ3v) is 4.90. The number of hydrogen-bond donors (Lipinski definition) is 1. The summed E-state index contributed by atoms with van der Waals surface area (Å²) in [6.07, 6.45) is 3.06. The molecule has 146 valence electrons. The van der Waals surface area contributed by atoms with Crippen LogP contribution in [0.2, 0.25) is 0 Å². The van der Waals surface area contributed by atoms with Crippen LogP contribution < -0.4 is 5.32 Å². The molecule has 0 atom stereocenters. The topological polar surface area (TPSA) is 63.6 Å². The summed E-state index contributed by atoms with van der Waals surface area (Å²) < 4.78 is 7.58. The van der Waals surface area contributed by atoms with E-state index in [1.807, 2.05) is 39.0 Å². The summed E-state index contributed by atoms with van der Waals surface area (Å²) in [7, 11) is 0. The summed E-state index contributed by atoms with van der Waals surface area (Å²) in [5, 5.41) is 4.15. The Kier molecular flexibility index (Phi) is 5.44. The van der Waals surface area contributed by atoms with Gasteiger partial charge in [-0.3, -0.25) is 4.79 Å². The zero-order valence-corrected chi connectivity index (χ0v) is 16.6. The third-order valence-electron chi connectivity index (χ3n) is 4.90. The van der Waals surface area contributed by atoms with E-state index in [0.29, 0.717) is 25.9 Å². The molecule has 0 bridgehead atoms. The van der Waals surface area contributed by atoms with Gasteiger partial charge in [-0.1, -0.05) is 0 Å². The van der Waals surface area contributed by atoms with Crippen LogP contribution in [-0.4, -0.2) is 40.2 Å². The van der Waals surface area contributed by atoms with Crippen LogP contribution in [0.25, 0.3) is 10.9 Å². The monoisotopic (exact) mass is 371 g/mol. The van der Waals surface area contributed by atoms with Gasteiger partial charge < -0.3 is 19.5 Å². The Morgan fingerprint density at radius 2 is 1.89 bits per heavy atom. The number of nitrogens with zero attached hydrogens (tertiary/aromatic N) is 2. The minimum Gasteiger partial charge on any atom is -0.444 e. The number of amides is 2. The Labute approximate surface area is 160 Å². The normalized spacial score (nSPS) is 15.8. The molecule has 27 heavy (non-hydrogen) atoms. The fourth-order valence-electron chi connectivity index (χ4n) is 3.45. The van der Waals surface area contributed by atoms with Crippen molar-refractivity contribution in [2.75, 3.05) is 18.4 Å². The summed E-state index contributed by atoms with van der Waals surface area (Å²) in [5.74, 6) is -0.0623. The molecular weight excluding hydrogens is 342 g/mol. The number of ether oxygens (including phenoxy) is 1. The molecule has 0 radical (unpaired) electrons. The van der Waals surface area contributed by atoms with Gasteiger partial charge >= 0.3 is 6.09 Å². The van der Waals surface area contributed by atoms with E-state index >= 15 is 0 Å². The first-order valence-electron chi connectivity index (χ1n) is 9.64. The standard InChI is InChI=1S/C21H29N3O3/c1-5-23-11-10-16-14-17(6-7-18(16)23)22-19(25)15-8-12-24(13-9-15)20(26)27-21(2,3)4/h6-7,10-11,14-15H,5,8-9,12-13H2,1-4H3,(H,22,25). The molecule has 1 aromatic carbocycles. The van der Waals surface area contributed by atoms with Crippen molar-refractivity contribution >= 4 is 28.6 Å². The molecule has 0 spiro atoms. The van der Waals surface area contributed by atoms with Gasteiger partial charge in [0.1, 0.15) is 5.60 Å². The summed E-state index contributed by atoms with van der Waals surface area (Å²) in [6, 6.07) is 8.06. The van der Waals surface area contributed by atoms with Gasteiger partial charge in [0, 0.05) is 48.3 Å². The summed E-state index contributed by atoms with van der Waals surface area (Å²) in [4.78, 5) is 26.4. The number of nitrogens with one attached hydrogen (secondary N) is 1. The molecule has 1 saturated heterocycles. The van der Waals surface area contributed by atoms with Gasteiger partial charge in [-0.25, -0.2) is 4.79 Å². The predicted molar refractivity (Wildman–Crippen MR) is 107 cm³/mol. The van der Waals surface area contributed by atoms with Crippen LogP contribution in [0.1, 0.15) is 40.5 Å². The molecular formula is C21H29N3O3. The number of anilines is 1. The Morgan fingerprint density at radius 3 is 2.52 bits per heavy atom. The molecule has 0 saturated carbocycles. The predicted octanol–water partition coefficient (Wildman–Crippen LogP) is 4.25. The molecule has 0 unspecified atom stereocenters. The number of hydrogen-bond acceptors (Lipinski definition) is 3. The van der Waals surface area contributed by atoms with Crippen LogP contribution in [0.5, 0.6) is 0 Å². The summed E-state index contributed by atoms with van der Waals surface area (Å²) in [5.41, 5.74) is 1.48. The number of aromatic nitrogens is 1. The van der Waals surface area contributed by atoms with Crippen molar-refractivity contribution in [2.24, 2.45) is 5.92 Å². The number of carbonyl (C=O) groups excluding carboxylic acids is 2. The number of carbonyl (C=O) groups is 2. The second kappa shape index (κ2) is 7.62. The Bertz CT molecular complexity index is 827. The summed E-state index contributed by atoms with van der Waals surface area (Å²) in [6.45, 7) is 9.70. The van der Waals surface area contributed by atoms with Gasteiger partial charge in [-0.05, 0) is 64.8 Å². The average Bonchev–Trinajstić information content (AvgIpc) is 3.02. The van der Waals surface area contributed by atoms with Crippen molar-refractivity contribution < 1.29 is 14.3 Å². The maximum absolute atomic E-state index is 12.6. The first-order chi connectivity index (χ1) is 12.8. The van der Waals surface area contributed by atoms with E-state index in [9.17, 15) is 9.59 Å². The highest BCUT2D eigenvalue weighted by atomic mass is 16.6. The van der Waals surface area contributed by atoms with Gasteiger partial charge in [-0.2, -0.15) is 0 Å². The minimum absolute atomic E-state index is 0.0214. The van der Waals surface area contributed by atoms with Crippen molar-refractivity contribution in [1.82, 2.24) is 9.47 Å². The molecule has 1 fully saturated rings. The quantitative estimate of drug-likeness (QED) is 0.877. The lowest BCUT2D eigenvalue weighted by molar-refractivity contribution is -0.121. The Morgan fingerprint density at radius 1 is 1.19 bits per heavy atom. The van der Waals surface area contributed by atoms with Crippen LogP contribution in [0.15, 0.2) is 30.5 Å². The number of likely N-dealkylation sites (tertiary alicyclic amines) is 1. The van der Waals surface area contributed by atoms with Crippen molar-refractivity contribution in [3.8, 4) is 0 Å². The fourth-order valence-corrected chi connectivity index (χ4v) is 3.45. The smallest absolute Gasteiger partial charge is 0.410 e. The lowest BCUT2D eigenvalue weighted by Gasteiger charge is -2.32. The number of rotatable bonds is 3. The summed E-state index contributed by atoms with van der Waals surface area (Å²) >= 11 is 0. The van der Waals surface area contributed by atoms with Crippen LogP contribution in [0.4, 0.5) is 10.5 Å². The molecule has 2 aromatic rings. The van der Waals surface area contributed by atoms with Gasteiger partial charge in [0.2, 0.25) is 5.91 Å². The lowest BCUT2D eigenvalue weighted by atomic mass is 9.96. The van der Waals surface area contributed by atoms with E-state index in [4.69, 9.17) is 4.74 Å². The largest absolute Gasteiger partial charge is 0.444 e. The molecule has 1 N–H and O–H groups in total. The van der Waals surface area contributed by atoms with Crippen molar-refractivity contribution in [2.45, 2.75) is 52.7 Å². The van der Waals surface area contributed by atoms with Crippen LogP contribution in [0.3, 0.4) is 0 Å². The Balaban J connectivity index is 1.56. The molecule has 1 aliphatic rings. The number of aryl methyl sites for hydroxylation is 1. The van der Waals surface area contributed by atoms with E-state index in [1.165, 1.54) is 5.52 Å². The number of benzene rings is 1. The van der Waals surface area contributed by atoms with Crippen molar-refractivity contribution in [1.29, 1.82) is 0 Å². The molecule has 1 aliphatic heterocycles. The third kappa shape index (κ3) is 4.62. The number of fused-ring (bicyclic) bond motifs is 1. The zero-order chi connectivity index (χ0) is 19.6. The molecule has 2 amide bonds. The molecule has 6 nitrogen and oxygen atoms in total. The Hall–Kier alpha value is -2.50. The van der Waals surface area contributed by atoms with Crippen molar-refractivity contribution in [3.05, 3.63) is 30.5 Å². The molecule has 3 rings (SSSR count). The first kappa shape index (κ1) is 19.3. The highest BCUT2D eigenvalue weighted by Crippen LogP contribution is 2.24. The maximum atomic E-state index is 12.6. The van der Waals surface area contributed by atoms with E-state index in [2.05, 4.69) is 29.1 Å². The lowest BCUT2D eigenvalue weighted by Crippen LogP contribution is -2.43. The second-order valence-corrected chi connectivity index (χ2v) is 8.11. The van der Waals surface area contributed by atoms with E-state index in [1.54, 1.807) is 4.90 Å². The van der Waals surface area contributed by atoms with Crippen LogP contribution in [0, 0.1) is 5.92 Å². The van der Waals surface area contributed by atoms with E-state index in [0.717, 1.165) is 17.6 Å². The fraction of sp³-hybridized carbons (Fsp3) is 0.524. The molecule has 0 aliphatic carbocycles. The number of piperidine rings is 1. The highest BCUT2D eigenvalue weighted by molar-refractivity contribution is 5.95.